The maximum Gasteiger partial charge on any atom is 0.271 e. The molecule has 13 heteroatoms. The molecule has 0 amide bonds. The molecule has 0 heterocycles. The van der Waals surface area contributed by atoms with Gasteiger partial charge in [-0.3, -0.25) is 20.2 Å². The molecular weight excluding hydrogens is 1100 g/mol. The summed E-state index contributed by atoms with van der Waals surface area (Å²) in [7, 11) is 7.61. The molecule has 0 fully saturated rings. The average molecular weight is 1170 g/mol. The van der Waals surface area contributed by atoms with Gasteiger partial charge in [0.2, 0.25) is 0 Å². The summed E-state index contributed by atoms with van der Waals surface area (Å²) in [5, 5.41) is 22.0. The predicted octanol–water partition coefficient (Wildman–Crippen LogP) is 20.6. The molecule has 0 saturated carbocycles. The molecule has 12 aromatic carbocycles. The molecule has 0 aromatic heterocycles. The van der Waals surface area contributed by atoms with E-state index in [9.17, 15) is 20.2 Å². The van der Waals surface area contributed by atoms with Crippen LogP contribution in [0.1, 0.15) is 0 Å². The van der Waals surface area contributed by atoms with Gasteiger partial charge in [0.05, 0.1) is 17.0 Å². The van der Waals surface area contributed by atoms with Gasteiger partial charge in [-0.05, 0) is 176 Å². The number of non-ortho nitro benzene ring substituents is 2. The first kappa shape index (κ1) is 60.2. The van der Waals surface area contributed by atoms with Gasteiger partial charge in [0.1, 0.15) is 5.75 Å². The summed E-state index contributed by atoms with van der Waals surface area (Å²) < 4.78 is 5.36. The highest BCUT2D eigenvalue weighted by molar-refractivity contribution is 5.81. The smallest absolute Gasteiger partial charge is 0.271 e. The maximum atomic E-state index is 11.1. The van der Waals surface area contributed by atoms with Gasteiger partial charge in [0.25, 0.3) is 11.4 Å². The molecule has 0 saturated heterocycles. The van der Waals surface area contributed by atoms with Crippen molar-refractivity contribution in [2.24, 2.45) is 0 Å². The lowest BCUT2D eigenvalue weighted by atomic mass is 10.1. The van der Waals surface area contributed by atoms with Gasteiger partial charge in [0.15, 0.2) is 0 Å². The number of nitro groups is 2. The fourth-order valence-corrected chi connectivity index (χ4v) is 10.2. The van der Waals surface area contributed by atoms with E-state index in [0.717, 1.165) is 91.1 Å². The summed E-state index contributed by atoms with van der Waals surface area (Å²) >= 11 is 0. The van der Waals surface area contributed by atoms with E-state index in [1.165, 1.54) is 18.2 Å². The van der Waals surface area contributed by atoms with E-state index < -0.39 is 0 Å². The maximum absolute atomic E-state index is 11.1. The molecule has 12 rings (SSSR count). The number of hydrogen-bond donors (Lipinski definition) is 0. The van der Waals surface area contributed by atoms with E-state index in [4.69, 9.17) is 4.74 Å². The molecule has 0 aliphatic carbocycles. The average Bonchev–Trinajstić information content (AvgIpc) is 2.95. The number of ether oxygens (including phenoxy) is 1. The number of methoxy groups -OCH3 is 1. The normalized spacial score (nSPS) is 10.4. The molecule has 0 bridgehead atoms. The van der Waals surface area contributed by atoms with E-state index in [1.807, 2.05) is 145 Å². The molecule has 13 nitrogen and oxygen atoms in total. The third kappa shape index (κ3) is 15.1. The zero-order valence-electron chi connectivity index (χ0n) is 49.8. The molecule has 12 aromatic rings. The van der Waals surface area contributed by atoms with Gasteiger partial charge < -0.3 is 34.1 Å². The van der Waals surface area contributed by atoms with Crippen molar-refractivity contribution in [3.63, 3.8) is 0 Å². The fraction of sp³-hybridized carbons (Fsp3) is 0.0526. The Bertz CT molecular complexity index is 4040. The predicted molar refractivity (Wildman–Crippen MR) is 367 cm³/mol. The molecule has 0 N–H and O–H groups in total. The van der Waals surface area contributed by atoms with Crippen LogP contribution in [0.2, 0.25) is 0 Å². The second kappa shape index (κ2) is 29.2. The van der Waals surface area contributed by atoms with Gasteiger partial charge in [-0.25, -0.2) is 0 Å². The summed E-state index contributed by atoms with van der Waals surface area (Å²) in [5.41, 5.74) is 15.7. The number of anilines is 15. The molecule has 0 aliphatic heterocycles. The third-order valence-corrected chi connectivity index (χ3v) is 14.9. The SMILES string of the molecule is CN(c1ccc(N(c2ccccc2)c2ccccc2)cc1)c1ccc([N+](=O)[O-])cc1.CN(c1ccc(N(c2ccccc2)c2ccccc2)cc1)c1cccc([N+](=O)[O-])c1.COc1cccc(N(C)c2ccc(N(c3ccccc3)c3ccccc3)cc2)c1. The van der Waals surface area contributed by atoms with Crippen LogP contribution in [0.5, 0.6) is 5.75 Å². The lowest BCUT2D eigenvalue weighted by Crippen LogP contribution is -2.12. The number of nitrogens with zero attached hydrogens (tertiary/aromatic N) is 8. The van der Waals surface area contributed by atoms with Crippen molar-refractivity contribution in [2.45, 2.75) is 0 Å². The van der Waals surface area contributed by atoms with Gasteiger partial charge in [-0.15, -0.1) is 0 Å². The third-order valence-electron chi connectivity index (χ3n) is 14.9. The largest absolute Gasteiger partial charge is 0.497 e. The lowest BCUT2D eigenvalue weighted by molar-refractivity contribution is -0.385. The molecule has 0 unspecified atom stereocenters. The topological polar surface area (TPSA) is 115 Å². The van der Waals surface area contributed by atoms with E-state index in [-0.39, 0.29) is 21.2 Å². The summed E-state index contributed by atoms with van der Waals surface area (Å²) in [5.74, 6) is 0.852. The zero-order chi connectivity index (χ0) is 61.9. The van der Waals surface area contributed by atoms with Crippen LogP contribution in [0.3, 0.4) is 0 Å². The lowest BCUT2D eigenvalue weighted by Gasteiger charge is -2.26. The highest BCUT2D eigenvalue weighted by atomic mass is 16.6. The number of benzene rings is 12. The molecule has 0 atom stereocenters. The minimum atomic E-state index is -0.389. The first-order chi connectivity index (χ1) is 43.5. The quantitative estimate of drug-likeness (QED) is 0.0604. The Kier molecular flexibility index (Phi) is 19.8. The summed E-state index contributed by atoms with van der Waals surface area (Å²) in [6, 6.07) is 108. The van der Waals surface area contributed by atoms with Crippen molar-refractivity contribution in [2.75, 3.05) is 57.7 Å². The molecule has 0 radical (unpaired) electrons. The van der Waals surface area contributed by atoms with Crippen molar-refractivity contribution in [3.05, 3.63) is 348 Å². The van der Waals surface area contributed by atoms with Crippen molar-refractivity contribution >= 4 is 96.7 Å². The van der Waals surface area contributed by atoms with E-state index in [2.05, 4.69) is 190 Å². The monoisotopic (exact) mass is 1170 g/mol. The van der Waals surface area contributed by atoms with Crippen molar-refractivity contribution in [1.29, 1.82) is 0 Å². The van der Waals surface area contributed by atoms with Crippen LogP contribution >= 0.6 is 0 Å². The van der Waals surface area contributed by atoms with Crippen LogP contribution in [0.4, 0.5) is 96.7 Å². The van der Waals surface area contributed by atoms with Crippen molar-refractivity contribution in [1.82, 2.24) is 0 Å². The first-order valence-electron chi connectivity index (χ1n) is 28.9. The van der Waals surface area contributed by atoms with Gasteiger partial charge in [0, 0.05) is 137 Å². The van der Waals surface area contributed by atoms with Crippen LogP contribution in [-0.4, -0.2) is 38.1 Å². The second-order valence-electron chi connectivity index (χ2n) is 20.5. The minimum Gasteiger partial charge on any atom is -0.497 e. The van der Waals surface area contributed by atoms with Gasteiger partial charge in [-0.2, -0.15) is 0 Å². The Morgan fingerprint density at radius 3 is 0.753 bits per heavy atom. The van der Waals surface area contributed by atoms with Crippen molar-refractivity contribution < 1.29 is 14.6 Å². The first-order valence-corrected chi connectivity index (χ1v) is 28.9. The summed E-state index contributed by atoms with van der Waals surface area (Å²) in [6.45, 7) is 0. The van der Waals surface area contributed by atoms with E-state index in [0.29, 0.717) is 0 Å². The summed E-state index contributed by atoms with van der Waals surface area (Å²) in [6.07, 6.45) is 0. The summed E-state index contributed by atoms with van der Waals surface area (Å²) in [4.78, 5) is 33.9. The Morgan fingerprint density at radius 2 is 0.472 bits per heavy atom. The Labute approximate surface area is 520 Å². The highest BCUT2D eigenvalue weighted by Gasteiger charge is 2.18. The van der Waals surface area contributed by atoms with Crippen LogP contribution in [0.25, 0.3) is 0 Å². The fourth-order valence-electron chi connectivity index (χ4n) is 10.2. The Balaban J connectivity index is 0.000000147. The van der Waals surface area contributed by atoms with Gasteiger partial charge >= 0.3 is 0 Å². The standard InChI is InChI=1S/C26H24N2O.2C25H21N3O2/c1-27(25-14-9-15-26(20-25)29-2)21-16-18-24(19-17-21)28(22-10-5-3-6-11-22)23-12-7-4-8-13-23;1-26(24-13-8-14-25(19-24)28(29)30)20-15-17-23(18-16-20)27(21-9-4-2-5-10-21)22-11-6-3-7-12-22;1-26(21-14-18-25(19-15-21)28(29)30)20-12-16-24(17-13-20)27(22-8-4-2-5-9-22)23-10-6-3-7-11-23/h3-20H,1-2H3;2*2-19H,1H3. The molecule has 0 spiro atoms. The van der Waals surface area contributed by atoms with Crippen LogP contribution in [-0.2, 0) is 0 Å². The second-order valence-corrected chi connectivity index (χ2v) is 20.5. The van der Waals surface area contributed by atoms with E-state index >= 15 is 0 Å². The zero-order valence-corrected chi connectivity index (χ0v) is 49.8. The number of rotatable bonds is 18. The number of hydrogen-bond acceptors (Lipinski definition) is 11. The molecule has 89 heavy (non-hydrogen) atoms. The number of para-hydroxylation sites is 6. The van der Waals surface area contributed by atoms with Crippen LogP contribution in [0.15, 0.2) is 328 Å². The number of nitro benzene ring substituents is 2. The minimum absolute atomic E-state index is 0.0790. The Morgan fingerprint density at radius 1 is 0.247 bits per heavy atom. The molecule has 0 aliphatic rings. The highest BCUT2D eigenvalue weighted by Crippen LogP contribution is 2.40. The van der Waals surface area contributed by atoms with Crippen LogP contribution in [0, 0.1) is 20.2 Å². The van der Waals surface area contributed by atoms with Crippen LogP contribution < -0.4 is 34.1 Å². The van der Waals surface area contributed by atoms with Gasteiger partial charge in [-0.1, -0.05) is 121 Å². The van der Waals surface area contributed by atoms with Crippen molar-refractivity contribution in [3.8, 4) is 5.75 Å². The Hall–Kier alpha value is -12.0. The molecular formula is C76H66N8O5. The molecule has 440 valence electrons. The van der Waals surface area contributed by atoms with E-state index in [1.54, 1.807) is 31.4 Å².